The third-order valence-corrected chi connectivity index (χ3v) is 7.78. The van der Waals surface area contributed by atoms with Gasteiger partial charge in [0, 0.05) is 13.0 Å². The van der Waals surface area contributed by atoms with Crippen LogP contribution in [0.2, 0.25) is 10.0 Å². The first-order chi connectivity index (χ1) is 17.1. The number of hydrogen-bond acceptors (Lipinski definition) is 3. The molecule has 3 aromatic rings. The minimum absolute atomic E-state index is 0.322. The van der Waals surface area contributed by atoms with E-state index in [1.807, 2.05) is 81.4 Å². The van der Waals surface area contributed by atoms with Gasteiger partial charge in [0.1, 0.15) is 11.7 Å². The fourth-order valence-electron chi connectivity index (χ4n) is 5.34. The lowest BCUT2D eigenvalue weighted by atomic mass is 9.74. The van der Waals surface area contributed by atoms with Crippen LogP contribution in [0.4, 0.5) is 4.79 Å². The Morgan fingerprint density at radius 1 is 0.917 bits per heavy atom. The lowest BCUT2D eigenvalue weighted by Crippen LogP contribution is -2.65. The third-order valence-electron chi connectivity index (χ3n) is 7.04. The number of hydrogen-bond donors (Lipinski definition) is 1. The van der Waals surface area contributed by atoms with Crippen molar-refractivity contribution < 1.29 is 14.7 Å². The fraction of sp³-hybridized carbons (Fsp3) is 0.310. The number of carboxylic acid groups (broad SMARTS) is 1. The topological polar surface area (TPSA) is 60.9 Å². The molecule has 0 radical (unpaired) electrons. The Labute approximate surface area is 222 Å². The van der Waals surface area contributed by atoms with E-state index in [-0.39, 0.29) is 0 Å². The highest BCUT2D eigenvalue weighted by molar-refractivity contribution is 6.42. The van der Waals surface area contributed by atoms with E-state index < -0.39 is 29.1 Å². The summed E-state index contributed by atoms with van der Waals surface area (Å²) in [6.45, 7) is 6.44. The summed E-state index contributed by atoms with van der Waals surface area (Å²) in [5.41, 5.74) is 0.898. The van der Waals surface area contributed by atoms with Crippen LogP contribution in [-0.2, 0) is 17.6 Å². The highest BCUT2D eigenvalue weighted by Crippen LogP contribution is 2.51. The Bertz CT molecular complexity index is 1240. The molecule has 1 aliphatic rings. The van der Waals surface area contributed by atoms with Crippen LogP contribution in [-0.4, -0.2) is 39.1 Å². The quantitative estimate of drug-likeness (QED) is 0.374. The summed E-state index contributed by atoms with van der Waals surface area (Å²) in [7, 11) is 0. The van der Waals surface area contributed by atoms with Gasteiger partial charge in [0.25, 0.3) is 5.91 Å². The number of halogens is 2. The van der Waals surface area contributed by atoms with Gasteiger partial charge in [-0.05, 0) is 40.7 Å². The molecule has 3 aromatic carbocycles. The molecule has 4 rings (SSSR count). The van der Waals surface area contributed by atoms with Crippen molar-refractivity contribution in [1.29, 1.82) is 0 Å². The van der Waals surface area contributed by atoms with E-state index in [0.717, 1.165) is 16.0 Å². The summed E-state index contributed by atoms with van der Waals surface area (Å²) in [6, 6.07) is 24.0. The minimum atomic E-state index is -1.27. The Kier molecular flexibility index (Phi) is 7.46. The van der Waals surface area contributed by atoms with Crippen molar-refractivity contribution in [2.45, 2.75) is 45.3 Å². The molecule has 0 bridgehead atoms. The number of nitrogens with zero attached hydrogens (tertiary/aromatic N) is 2. The lowest BCUT2D eigenvalue weighted by Gasteiger charge is -2.51. The summed E-state index contributed by atoms with van der Waals surface area (Å²) in [6.07, 6.45) is -0.272. The number of carbonyl (C=O) groups is 2. The molecule has 0 spiro atoms. The average molecular weight is 525 g/mol. The minimum Gasteiger partial charge on any atom is -0.465 e. The number of imide groups is 1. The number of amides is 2. The third kappa shape index (κ3) is 4.75. The fourth-order valence-corrected chi connectivity index (χ4v) is 5.64. The van der Waals surface area contributed by atoms with Crippen LogP contribution in [0, 0.1) is 5.41 Å². The number of rotatable bonds is 6. The van der Waals surface area contributed by atoms with Crippen LogP contribution in [0.15, 0.2) is 78.9 Å². The van der Waals surface area contributed by atoms with Gasteiger partial charge in [0.15, 0.2) is 0 Å². The van der Waals surface area contributed by atoms with Gasteiger partial charge in [0.2, 0.25) is 0 Å². The molecule has 0 aromatic heterocycles. The molecule has 0 unspecified atom stereocenters. The largest absolute Gasteiger partial charge is 0.465 e. The molecule has 0 aliphatic carbocycles. The first-order valence-corrected chi connectivity index (χ1v) is 12.7. The van der Waals surface area contributed by atoms with Gasteiger partial charge in [-0.3, -0.25) is 9.69 Å². The molecule has 36 heavy (non-hydrogen) atoms. The summed E-state index contributed by atoms with van der Waals surface area (Å²) in [5.74, 6) is -0.486. The zero-order valence-electron chi connectivity index (χ0n) is 20.6. The molecule has 1 fully saturated rings. The Morgan fingerprint density at radius 3 is 2.03 bits per heavy atom. The van der Waals surface area contributed by atoms with Crippen molar-refractivity contribution in [1.82, 2.24) is 9.80 Å². The molecule has 0 saturated carbocycles. The van der Waals surface area contributed by atoms with E-state index in [1.165, 1.54) is 0 Å². The molecule has 1 N–H and O–H groups in total. The van der Waals surface area contributed by atoms with Crippen LogP contribution in [0.5, 0.6) is 0 Å². The van der Waals surface area contributed by atoms with Gasteiger partial charge in [0.05, 0.1) is 10.0 Å². The predicted molar refractivity (Wildman–Crippen MR) is 143 cm³/mol. The number of carbonyl (C=O) groups excluding carboxylic acids is 1. The summed E-state index contributed by atoms with van der Waals surface area (Å²) in [5, 5.41) is 11.2. The molecule has 5 nitrogen and oxygen atoms in total. The molecule has 1 heterocycles. The Hall–Kier alpha value is -2.86. The van der Waals surface area contributed by atoms with Crippen molar-refractivity contribution in [3.05, 3.63) is 106 Å². The number of benzene rings is 3. The molecule has 188 valence electrons. The van der Waals surface area contributed by atoms with E-state index in [1.54, 1.807) is 18.2 Å². The zero-order chi connectivity index (χ0) is 26.1. The van der Waals surface area contributed by atoms with Crippen LogP contribution in [0.25, 0.3) is 0 Å². The highest BCUT2D eigenvalue weighted by Gasteiger charge is 2.64. The first kappa shape index (κ1) is 26.2. The predicted octanol–water partition coefficient (Wildman–Crippen LogP) is 7.08. The maximum absolute atomic E-state index is 14.0. The summed E-state index contributed by atoms with van der Waals surface area (Å²) >= 11 is 12.5. The van der Waals surface area contributed by atoms with Crippen molar-refractivity contribution in [3.8, 4) is 0 Å². The smallest absolute Gasteiger partial charge is 0.415 e. The normalized spacial score (nSPS) is 20.6. The van der Waals surface area contributed by atoms with Crippen molar-refractivity contribution in [3.63, 3.8) is 0 Å². The molecular weight excluding hydrogens is 495 g/mol. The lowest BCUT2D eigenvalue weighted by molar-refractivity contribution is -0.133. The van der Waals surface area contributed by atoms with Gasteiger partial charge in [-0.2, -0.15) is 0 Å². The zero-order valence-corrected chi connectivity index (χ0v) is 22.1. The van der Waals surface area contributed by atoms with Crippen LogP contribution < -0.4 is 0 Å². The standard InChI is InChI=1S/C29H30Cl2N2O3/c1-28(2,3)29(19-21-12-8-5-9-13-21)32(17-16-20-10-6-4-7-11-20)25(26(34)33(29)27(35)36)22-14-15-23(30)24(31)18-22/h4-15,18,25H,16-17,19H2,1-3H3,(H,35,36)/t25-,29+/m0/s1. The van der Waals surface area contributed by atoms with E-state index in [0.29, 0.717) is 35.0 Å². The average Bonchev–Trinajstić information content (AvgIpc) is 3.09. The molecule has 1 aliphatic heterocycles. The van der Waals surface area contributed by atoms with Crippen molar-refractivity contribution >= 4 is 35.2 Å². The van der Waals surface area contributed by atoms with Gasteiger partial charge >= 0.3 is 6.09 Å². The molecule has 7 heteroatoms. The first-order valence-electron chi connectivity index (χ1n) is 11.9. The summed E-state index contributed by atoms with van der Waals surface area (Å²) < 4.78 is 0. The molecule has 1 saturated heterocycles. The highest BCUT2D eigenvalue weighted by atomic mass is 35.5. The van der Waals surface area contributed by atoms with E-state index in [9.17, 15) is 14.7 Å². The second-order valence-corrected chi connectivity index (χ2v) is 11.0. The van der Waals surface area contributed by atoms with Crippen LogP contribution in [0.3, 0.4) is 0 Å². The molecule has 2 atom stereocenters. The molecular formula is C29H30Cl2N2O3. The maximum atomic E-state index is 14.0. The van der Waals surface area contributed by atoms with E-state index >= 15 is 0 Å². The van der Waals surface area contributed by atoms with Crippen LogP contribution in [0.1, 0.15) is 43.5 Å². The Morgan fingerprint density at radius 2 is 1.50 bits per heavy atom. The van der Waals surface area contributed by atoms with Gasteiger partial charge < -0.3 is 5.11 Å². The van der Waals surface area contributed by atoms with Gasteiger partial charge in [-0.15, -0.1) is 0 Å². The second-order valence-electron chi connectivity index (χ2n) is 10.2. The second kappa shape index (κ2) is 10.3. The summed E-state index contributed by atoms with van der Waals surface area (Å²) in [4.78, 5) is 30.0. The van der Waals surface area contributed by atoms with Crippen LogP contribution >= 0.6 is 23.2 Å². The van der Waals surface area contributed by atoms with Gasteiger partial charge in [-0.25, -0.2) is 9.69 Å². The van der Waals surface area contributed by atoms with E-state index in [4.69, 9.17) is 23.2 Å². The van der Waals surface area contributed by atoms with Crippen molar-refractivity contribution in [2.24, 2.45) is 5.41 Å². The van der Waals surface area contributed by atoms with Crippen molar-refractivity contribution in [2.75, 3.05) is 6.54 Å². The monoisotopic (exact) mass is 524 g/mol. The van der Waals surface area contributed by atoms with E-state index in [2.05, 4.69) is 4.90 Å². The SMILES string of the molecule is CC(C)(C)[C@@]1(Cc2ccccc2)N(C(=O)O)C(=O)[C@H](c2ccc(Cl)c(Cl)c2)N1CCc1ccccc1. The maximum Gasteiger partial charge on any atom is 0.415 e. The van der Waals surface area contributed by atoms with Gasteiger partial charge in [-0.1, -0.05) is 111 Å². The molecule has 2 amide bonds. The Balaban J connectivity index is 1.92.